The van der Waals surface area contributed by atoms with E-state index in [-0.39, 0.29) is 5.69 Å². The molecule has 0 spiro atoms. The molecule has 23 heavy (non-hydrogen) atoms. The van der Waals surface area contributed by atoms with Gasteiger partial charge in [0.15, 0.2) is 0 Å². The maximum absolute atomic E-state index is 12.4. The summed E-state index contributed by atoms with van der Waals surface area (Å²) >= 11 is 0. The van der Waals surface area contributed by atoms with Crippen molar-refractivity contribution in [1.82, 2.24) is 4.57 Å². The van der Waals surface area contributed by atoms with Gasteiger partial charge in [0.25, 0.3) is 0 Å². The van der Waals surface area contributed by atoms with E-state index >= 15 is 0 Å². The van der Waals surface area contributed by atoms with Gasteiger partial charge in [0.2, 0.25) is 0 Å². The molecule has 0 atom stereocenters. The van der Waals surface area contributed by atoms with Crippen LogP contribution < -0.4 is 10.9 Å². The number of fused-ring (bicyclic) bond motifs is 1. The molecule has 0 aliphatic carbocycles. The largest absolute Gasteiger partial charge is 0.357 e. The van der Waals surface area contributed by atoms with Crippen molar-refractivity contribution in [2.45, 2.75) is 6.92 Å². The third-order valence-electron chi connectivity index (χ3n) is 3.87. The number of hydrogen-bond acceptors (Lipinski definition) is 4. The first kappa shape index (κ1) is 14.8. The highest BCUT2D eigenvalue weighted by Gasteiger charge is 2.25. The molecule has 0 fully saturated rings. The molecule has 2 aromatic carbocycles. The molecule has 0 unspecified atom stereocenters. The Bertz CT molecular complexity index is 976. The number of nitrogens with zero attached hydrogens (tertiary/aromatic N) is 2. The average Bonchev–Trinajstić information content (AvgIpc) is 2.54. The minimum Gasteiger partial charge on any atom is -0.349 e. The average molecular weight is 309 g/mol. The fourth-order valence-corrected chi connectivity index (χ4v) is 2.62. The highest BCUT2D eigenvalue weighted by atomic mass is 16.6. The summed E-state index contributed by atoms with van der Waals surface area (Å²) in [6.07, 6.45) is 0. The summed E-state index contributed by atoms with van der Waals surface area (Å²) in [4.78, 5) is 23.2. The standard InChI is InChI=1S/C17H15N3O3/c1-11-7-3-5-9-13(11)18-15-12-8-4-6-10-14(12)19(2)17(21)16(15)20(22)23/h3-10,18H,1-2H3. The van der Waals surface area contributed by atoms with Crippen molar-refractivity contribution in [3.63, 3.8) is 0 Å². The molecule has 0 aliphatic rings. The van der Waals surface area contributed by atoms with Gasteiger partial charge >= 0.3 is 11.2 Å². The summed E-state index contributed by atoms with van der Waals surface area (Å²) in [7, 11) is 1.54. The fourth-order valence-electron chi connectivity index (χ4n) is 2.62. The van der Waals surface area contributed by atoms with E-state index in [0.29, 0.717) is 10.9 Å². The van der Waals surface area contributed by atoms with Crippen LogP contribution in [-0.2, 0) is 7.05 Å². The van der Waals surface area contributed by atoms with Crippen molar-refractivity contribution in [1.29, 1.82) is 0 Å². The monoisotopic (exact) mass is 309 g/mol. The first-order valence-corrected chi connectivity index (χ1v) is 7.09. The lowest BCUT2D eigenvalue weighted by atomic mass is 10.1. The van der Waals surface area contributed by atoms with Gasteiger partial charge in [0, 0.05) is 18.1 Å². The number of benzene rings is 2. The minimum absolute atomic E-state index is 0.225. The van der Waals surface area contributed by atoms with Crippen LogP contribution in [0.5, 0.6) is 0 Å². The van der Waals surface area contributed by atoms with Crippen molar-refractivity contribution >= 4 is 28.0 Å². The number of para-hydroxylation sites is 2. The smallest absolute Gasteiger partial charge is 0.349 e. The van der Waals surface area contributed by atoms with Gasteiger partial charge in [-0.1, -0.05) is 36.4 Å². The summed E-state index contributed by atoms with van der Waals surface area (Å²) in [5.41, 5.74) is 1.45. The first-order valence-electron chi connectivity index (χ1n) is 7.09. The van der Waals surface area contributed by atoms with Crippen LogP contribution in [0.15, 0.2) is 53.3 Å². The molecule has 0 saturated heterocycles. The Morgan fingerprint density at radius 2 is 1.74 bits per heavy atom. The number of pyridine rings is 1. The van der Waals surface area contributed by atoms with E-state index in [1.54, 1.807) is 24.3 Å². The van der Waals surface area contributed by atoms with Gasteiger partial charge in [-0.05, 0) is 24.6 Å². The Hall–Kier alpha value is -3.15. The fraction of sp³-hybridized carbons (Fsp3) is 0.118. The lowest BCUT2D eigenvalue weighted by Crippen LogP contribution is -2.22. The molecular weight excluding hydrogens is 294 g/mol. The lowest BCUT2D eigenvalue weighted by Gasteiger charge is -2.14. The third kappa shape index (κ3) is 2.44. The molecule has 1 N–H and O–H groups in total. The van der Waals surface area contributed by atoms with E-state index in [1.807, 2.05) is 31.2 Å². The molecule has 6 heteroatoms. The van der Waals surface area contributed by atoms with Crippen LogP contribution in [-0.4, -0.2) is 9.49 Å². The topological polar surface area (TPSA) is 77.2 Å². The Balaban J connectivity index is 2.36. The van der Waals surface area contributed by atoms with E-state index in [1.165, 1.54) is 11.6 Å². The minimum atomic E-state index is -0.634. The SMILES string of the molecule is Cc1ccccc1Nc1c([N+](=O)[O-])c(=O)n(C)c2ccccc12. The van der Waals surface area contributed by atoms with Crippen molar-refractivity contribution in [2.24, 2.45) is 7.05 Å². The number of anilines is 2. The van der Waals surface area contributed by atoms with Gasteiger partial charge in [-0.25, -0.2) is 0 Å². The van der Waals surface area contributed by atoms with Crippen LogP contribution in [0.25, 0.3) is 10.9 Å². The Morgan fingerprint density at radius 1 is 1.09 bits per heavy atom. The van der Waals surface area contributed by atoms with Crippen LogP contribution in [0.4, 0.5) is 17.1 Å². The Morgan fingerprint density at radius 3 is 2.43 bits per heavy atom. The van der Waals surface area contributed by atoms with Crippen molar-refractivity contribution in [3.05, 3.63) is 74.6 Å². The molecule has 3 aromatic rings. The lowest BCUT2D eigenvalue weighted by molar-refractivity contribution is -0.385. The second-order valence-electron chi connectivity index (χ2n) is 5.30. The first-order chi connectivity index (χ1) is 11.0. The van der Waals surface area contributed by atoms with Crippen LogP contribution in [0.1, 0.15) is 5.56 Å². The molecule has 6 nitrogen and oxygen atoms in total. The van der Waals surface area contributed by atoms with E-state index in [4.69, 9.17) is 0 Å². The van der Waals surface area contributed by atoms with E-state index in [0.717, 1.165) is 11.3 Å². The van der Waals surface area contributed by atoms with Gasteiger partial charge in [0.05, 0.1) is 10.4 Å². The van der Waals surface area contributed by atoms with Crippen LogP contribution in [0.2, 0.25) is 0 Å². The van der Waals surface area contributed by atoms with Crippen molar-refractivity contribution < 1.29 is 4.92 Å². The number of hydrogen-bond donors (Lipinski definition) is 1. The summed E-state index contributed by atoms with van der Waals surface area (Å²) in [5.74, 6) is 0. The number of nitrogens with one attached hydrogen (secondary N) is 1. The maximum atomic E-state index is 12.4. The van der Waals surface area contributed by atoms with Gasteiger partial charge in [-0.2, -0.15) is 0 Å². The number of nitro groups is 1. The van der Waals surface area contributed by atoms with E-state index < -0.39 is 16.2 Å². The zero-order valence-corrected chi connectivity index (χ0v) is 12.7. The molecule has 1 aromatic heterocycles. The molecular formula is C17H15N3O3. The highest BCUT2D eigenvalue weighted by molar-refractivity contribution is 5.98. The van der Waals surface area contributed by atoms with Crippen molar-refractivity contribution in [3.8, 4) is 0 Å². The number of aryl methyl sites for hydroxylation is 2. The van der Waals surface area contributed by atoms with Crippen LogP contribution in [0, 0.1) is 17.0 Å². The quantitative estimate of drug-likeness (QED) is 0.593. The maximum Gasteiger partial charge on any atom is 0.357 e. The third-order valence-corrected chi connectivity index (χ3v) is 3.87. The summed E-state index contributed by atoms with van der Waals surface area (Å²) in [5, 5.41) is 15.2. The summed E-state index contributed by atoms with van der Waals surface area (Å²) in [6, 6.07) is 14.6. The zero-order chi connectivity index (χ0) is 16.6. The van der Waals surface area contributed by atoms with Gasteiger partial charge < -0.3 is 9.88 Å². The molecule has 0 bridgehead atoms. The molecule has 1 heterocycles. The second kappa shape index (κ2) is 5.57. The molecule has 0 saturated carbocycles. The molecule has 116 valence electrons. The Labute approximate surface area is 132 Å². The molecule has 3 rings (SSSR count). The predicted molar refractivity (Wildman–Crippen MR) is 90.3 cm³/mol. The number of rotatable bonds is 3. The normalized spacial score (nSPS) is 10.7. The highest BCUT2D eigenvalue weighted by Crippen LogP contribution is 2.33. The van der Waals surface area contributed by atoms with Gasteiger partial charge in [0.1, 0.15) is 5.69 Å². The van der Waals surface area contributed by atoms with E-state index in [9.17, 15) is 14.9 Å². The predicted octanol–water partition coefficient (Wildman–Crippen LogP) is 3.50. The molecule has 0 aliphatic heterocycles. The van der Waals surface area contributed by atoms with Gasteiger partial charge in [-0.15, -0.1) is 0 Å². The number of aromatic nitrogens is 1. The van der Waals surface area contributed by atoms with Crippen LogP contribution in [0.3, 0.4) is 0 Å². The summed E-state index contributed by atoms with van der Waals surface area (Å²) in [6.45, 7) is 1.90. The Kier molecular flexibility index (Phi) is 3.57. The molecule has 0 amide bonds. The van der Waals surface area contributed by atoms with E-state index in [2.05, 4.69) is 5.32 Å². The molecule has 0 radical (unpaired) electrons. The summed E-state index contributed by atoms with van der Waals surface area (Å²) < 4.78 is 1.30. The van der Waals surface area contributed by atoms with Crippen LogP contribution >= 0.6 is 0 Å². The zero-order valence-electron chi connectivity index (χ0n) is 12.7. The van der Waals surface area contributed by atoms with Gasteiger partial charge in [-0.3, -0.25) is 14.9 Å². The van der Waals surface area contributed by atoms with Crippen molar-refractivity contribution in [2.75, 3.05) is 5.32 Å². The second-order valence-corrected chi connectivity index (χ2v) is 5.30.